The van der Waals surface area contributed by atoms with Crippen LogP contribution < -0.4 is 9.64 Å². The van der Waals surface area contributed by atoms with Gasteiger partial charge in [0, 0.05) is 36.6 Å². The molecule has 1 saturated heterocycles. The van der Waals surface area contributed by atoms with E-state index >= 15 is 0 Å². The van der Waals surface area contributed by atoms with Crippen molar-refractivity contribution in [2.24, 2.45) is 0 Å². The second-order valence-corrected chi connectivity index (χ2v) is 4.92. The van der Waals surface area contributed by atoms with Crippen LogP contribution in [0.15, 0.2) is 24.4 Å². The van der Waals surface area contributed by atoms with E-state index < -0.39 is 0 Å². The minimum atomic E-state index is 0.495. The number of hydrogen-bond acceptors (Lipinski definition) is 4. The Labute approximate surface area is 112 Å². The quantitative estimate of drug-likeness (QED) is 0.916. The predicted octanol–water partition coefficient (Wildman–Crippen LogP) is 2.12. The summed E-state index contributed by atoms with van der Waals surface area (Å²) in [6.07, 6.45) is 2.92. The Morgan fingerprint density at radius 3 is 3.00 bits per heavy atom. The zero-order valence-corrected chi connectivity index (χ0v) is 11.3. The summed E-state index contributed by atoms with van der Waals surface area (Å²) in [6, 6.07) is 6.01. The molecule has 19 heavy (non-hydrogen) atoms. The number of pyridine rings is 1. The van der Waals surface area contributed by atoms with Crippen LogP contribution in [0.4, 0.5) is 5.82 Å². The fraction of sp³-hybridized carbons (Fsp3) is 0.429. The lowest BCUT2D eigenvalue weighted by atomic mass is 10.1. The van der Waals surface area contributed by atoms with E-state index in [9.17, 15) is 0 Å². The summed E-state index contributed by atoms with van der Waals surface area (Å²) in [5, 5.41) is 7.09. The van der Waals surface area contributed by atoms with Gasteiger partial charge in [0.15, 0.2) is 11.6 Å². The van der Waals surface area contributed by atoms with Crippen LogP contribution in [0.5, 0.6) is 5.75 Å². The summed E-state index contributed by atoms with van der Waals surface area (Å²) >= 11 is 0. The normalized spacial score (nSPS) is 18.8. The van der Waals surface area contributed by atoms with Gasteiger partial charge in [0.1, 0.15) is 0 Å². The molecule has 0 bridgehead atoms. The van der Waals surface area contributed by atoms with Gasteiger partial charge in [0.05, 0.1) is 7.11 Å². The van der Waals surface area contributed by atoms with Crippen molar-refractivity contribution in [1.82, 2.24) is 15.2 Å². The standard InChI is InChI=1S/C14H18N4O/c1-10-3-4-13(19-2)14(16-10)18-8-6-11(9-18)12-5-7-15-17-12/h3-5,7,11H,6,8-9H2,1-2H3,(H,15,17). The Balaban J connectivity index is 1.83. The first-order valence-corrected chi connectivity index (χ1v) is 6.54. The third-order valence-electron chi connectivity index (χ3n) is 3.65. The van der Waals surface area contributed by atoms with Crippen LogP contribution in [0.1, 0.15) is 23.7 Å². The Morgan fingerprint density at radius 2 is 2.26 bits per heavy atom. The van der Waals surface area contributed by atoms with Gasteiger partial charge in [-0.3, -0.25) is 5.10 Å². The zero-order valence-electron chi connectivity index (χ0n) is 11.3. The fourth-order valence-corrected chi connectivity index (χ4v) is 2.62. The summed E-state index contributed by atoms with van der Waals surface area (Å²) in [4.78, 5) is 6.91. The first-order chi connectivity index (χ1) is 9.28. The van der Waals surface area contributed by atoms with Gasteiger partial charge >= 0.3 is 0 Å². The SMILES string of the molecule is COc1ccc(C)nc1N1CCC(c2ccn[nH]2)C1. The number of rotatable bonds is 3. The molecule has 0 aliphatic carbocycles. The van der Waals surface area contributed by atoms with Gasteiger partial charge in [-0.25, -0.2) is 4.98 Å². The highest BCUT2D eigenvalue weighted by atomic mass is 16.5. The van der Waals surface area contributed by atoms with E-state index in [0.717, 1.165) is 36.8 Å². The molecule has 1 N–H and O–H groups in total. The van der Waals surface area contributed by atoms with Crippen molar-refractivity contribution >= 4 is 5.82 Å². The second kappa shape index (κ2) is 4.91. The molecule has 0 spiro atoms. The molecule has 1 aliphatic heterocycles. The van der Waals surface area contributed by atoms with Crippen molar-refractivity contribution in [3.63, 3.8) is 0 Å². The molecular weight excluding hydrogens is 240 g/mol. The van der Waals surface area contributed by atoms with Crippen LogP contribution in [0.3, 0.4) is 0 Å². The summed E-state index contributed by atoms with van der Waals surface area (Å²) in [5.74, 6) is 2.29. The number of anilines is 1. The highest BCUT2D eigenvalue weighted by molar-refractivity contribution is 5.54. The van der Waals surface area contributed by atoms with E-state index in [0.29, 0.717) is 5.92 Å². The van der Waals surface area contributed by atoms with E-state index in [1.54, 1.807) is 7.11 Å². The van der Waals surface area contributed by atoms with Crippen LogP contribution in [0, 0.1) is 6.92 Å². The third kappa shape index (κ3) is 2.28. The maximum Gasteiger partial charge on any atom is 0.171 e. The molecule has 0 aromatic carbocycles. The molecule has 0 amide bonds. The first kappa shape index (κ1) is 12.0. The number of methoxy groups -OCH3 is 1. The number of aryl methyl sites for hydroxylation is 1. The second-order valence-electron chi connectivity index (χ2n) is 4.92. The largest absolute Gasteiger partial charge is 0.493 e. The smallest absolute Gasteiger partial charge is 0.171 e. The molecule has 0 saturated carbocycles. The van der Waals surface area contributed by atoms with Crippen molar-refractivity contribution in [3.8, 4) is 5.75 Å². The summed E-state index contributed by atoms with van der Waals surface area (Å²) in [5.41, 5.74) is 2.22. The van der Waals surface area contributed by atoms with Crippen molar-refractivity contribution in [1.29, 1.82) is 0 Å². The monoisotopic (exact) mass is 258 g/mol. The number of nitrogens with one attached hydrogen (secondary N) is 1. The molecule has 1 unspecified atom stereocenters. The topological polar surface area (TPSA) is 54.0 Å². The lowest BCUT2D eigenvalue weighted by Gasteiger charge is -2.20. The summed E-state index contributed by atoms with van der Waals surface area (Å²) < 4.78 is 5.41. The lowest BCUT2D eigenvalue weighted by Crippen LogP contribution is -2.21. The molecule has 100 valence electrons. The van der Waals surface area contributed by atoms with E-state index in [1.165, 1.54) is 5.69 Å². The van der Waals surface area contributed by atoms with Crippen LogP contribution in [0.25, 0.3) is 0 Å². The average molecular weight is 258 g/mol. The fourth-order valence-electron chi connectivity index (χ4n) is 2.62. The van der Waals surface area contributed by atoms with Crippen molar-refractivity contribution in [2.75, 3.05) is 25.1 Å². The number of ether oxygens (including phenoxy) is 1. The van der Waals surface area contributed by atoms with Crippen molar-refractivity contribution < 1.29 is 4.74 Å². The maximum absolute atomic E-state index is 5.41. The molecule has 2 aromatic rings. The number of aromatic amines is 1. The molecule has 2 aromatic heterocycles. The van der Waals surface area contributed by atoms with Gasteiger partial charge in [-0.1, -0.05) is 0 Å². The Morgan fingerprint density at radius 1 is 1.37 bits per heavy atom. The van der Waals surface area contributed by atoms with Gasteiger partial charge in [-0.05, 0) is 31.5 Å². The minimum absolute atomic E-state index is 0.495. The average Bonchev–Trinajstić information content (AvgIpc) is 3.09. The van der Waals surface area contributed by atoms with Gasteiger partial charge in [-0.15, -0.1) is 0 Å². The lowest BCUT2D eigenvalue weighted by molar-refractivity contribution is 0.412. The zero-order chi connectivity index (χ0) is 13.2. The van der Waals surface area contributed by atoms with Crippen LogP contribution in [-0.4, -0.2) is 35.4 Å². The van der Waals surface area contributed by atoms with E-state index in [2.05, 4.69) is 26.1 Å². The van der Waals surface area contributed by atoms with E-state index in [1.807, 2.05) is 25.3 Å². The van der Waals surface area contributed by atoms with E-state index in [-0.39, 0.29) is 0 Å². The Hall–Kier alpha value is -2.04. The van der Waals surface area contributed by atoms with Gasteiger partial charge in [0.2, 0.25) is 0 Å². The van der Waals surface area contributed by atoms with E-state index in [4.69, 9.17) is 4.74 Å². The van der Waals surface area contributed by atoms with Crippen LogP contribution in [-0.2, 0) is 0 Å². The highest BCUT2D eigenvalue weighted by Crippen LogP contribution is 2.33. The first-order valence-electron chi connectivity index (χ1n) is 6.54. The van der Waals surface area contributed by atoms with Crippen LogP contribution in [0.2, 0.25) is 0 Å². The number of nitrogens with zero attached hydrogens (tertiary/aromatic N) is 3. The summed E-state index contributed by atoms with van der Waals surface area (Å²) in [6.45, 7) is 3.96. The number of H-pyrrole nitrogens is 1. The van der Waals surface area contributed by atoms with Crippen molar-refractivity contribution in [3.05, 3.63) is 35.8 Å². The minimum Gasteiger partial charge on any atom is -0.493 e. The molecule has 1 atom stereocenters. The molecule has 0 radical (unpaired) electrons. The molecule has 3 rings (SSSR count). The molecule has 1 fully saturated rings. The van der Waals surface area contributed by atoms with Crippen molar-refractivity contribution in [2.45, 2.75) is 19.3 Å². The van der Waals surface area contributed by atoms with Gasteiger partial charge in [-0.2, -0.15) is 5.10 Å². The Bertz CT molecular complexity index is 553. The number of aromatic nitrogens is 3. The molecule has 5 nitrogen and oxygen atoms in total. The van der Waals surface area contributed by atoms with Gasteiger partial charge < -0.3 is 9.64 Å². The molecular formula is C14H18N4O. The Kier molecular flexibility index (Phi) is 3.11. The molecule has 1 aliphatic rings. The molecule has 3 heterocycles. The maximum atomic E-state index is 5.41. The highest BCUT2D eigenvalue weighted by Gasteiger charge is 2.27. The summed E-state index contributed by atoms with van der Waals surface area (Å²) in [7, 11) is 1.69. The third-order valence-corrected chi connectivity index (χ3v) is 3.65. The van der Waals surface area contributed by atoms with Gasteiger partial charge in [0.25, 0.3) is 0 Å². The number of hydrogen-bond donors (Lipinski definition) is 1. The van der Waals surface area contributed by atoms with Crippen LogP contribution >= 0.6 is 0 Å². The predicted molar refractivity (Wildman–Crippen MR) is 73.7 cm³/mol. The molecule has 5 heteroatoms.